The summed E-state index contributed by atoms with van der Waals surface area (Å²) in [6.45, 7) is 0. The first-order valence-electron chi connectivity index (χ1n) is 19.7. The van der Waals surface area contributed by atoms with E-state index in [9.17, 15) is 0 Å². The van der Waals surface area contributed by atoms with Crippen LogP contribution < -0.4 is 4.90 Å². The second-order valence-corrected chi connectivity index (χ2v) is 14.9. The summed E-state index contributed by atoms with van der Waals surface area (Å²) in [4.78, 5) is 2.35. The van der Waals surface area contributed by atoms with E-state index in [1.165, 1.54) is 21.8 Å². The third kappa shape index (κ3) is 5.02. The number of benzene rings is 9. The number of nitrogens with zero attached hydrogens (tertiary/aromatic N) is 2. The molecule has 272 valence electrons. The van der Waals surface area contributed by atoms with Crippen LogP contribution in [0.15, 0.2) is 215 Å². The molecule has 0 bridgehead atoms. The van der Waals surface area contributed by atoms with Crippen LogP contribution in [-0.4, -0.2) is 4.57 Å². The van der Waals surface area contributed by atoms with Crippen molar-refractivity contribution in [2.45, 2.75) is 0 Å². The zero-order valence-electron chi connectivity index (χ0n) is 31.3. The lowest BCUT2D eigenvalue weighted by Gasteiger charge is -2.27. The van der Waals surface area contributed by atoms with Gasteiger partial charge in [0.25, 0.3) is 0 Å². The second-order valence-electron chi connectivity index (χ2n) is 14.9. The molecule has 0 aliphatic carbocycles. The highest BCUT2D eigenvalue weighted by Crippen LogP contribution is 2.44. The fraction of sp³-hybridized carbons (Fsp3) is 0. The summed E-state index contributed by atoms with van der Waals surface area (Å²) >= 11 is 0. The number of hydrogen-bond donors (Lipinski definition) is 0. The predicted octanol–water partition coefficient (Wildman–Crippen LogP) is 15.4. The van der Waals surface area contributed by atoms with Gasteiger partial charge in [-0.2, -0.15) is 0 Å². The Bertz CT molecular complexity index is 3450. The maximum atomic E-state index is 6.49. The van der Waals surface area contributed by atoms with Gasteiger partial charge in [0, 0.05) is 49.6 Å². The van der Waals surface area contributed by atoms with Crippen LogP contribution in [0.25, 0.3) is 93.6 Å². The van der Waals surface area contributed by atoms with Gasteiger partial charge >= 0.3 is 0 Å². The molecule has 0 fully saturated rings. The van der Waals surface area contributed by atoms with E-state index in [-0.39, 0.29) is 0 Å². The Hall–Kier alpha value is -7.82. The van der Waals surface area contributed by atoms with Gasteiger partial charge in [-0.1, -0.05) is 127 Å². The molecule has 0 aliphatic heterocycles. The molecule has 58 heavy (non-hydrogen) atoms. The van der Waals surface area contributed by atoms with Gasteiger partial charge in [0.05, 0.1) is 22.1 Å². The van der Waals surface area contributed by atoms with Crippen LogP contribution >= 0.6 is 0 Å². The first-order chi connectivity index (χ1) is 28.8. The summed E-state index contributed by atoms with van der Waals surface area (Å²) in [5, 5.41) is 6.90. The van der Waals surface area contributed by atoms with Crippen LogP contribution in [0, 0.1) is 0 Å². The van der Waals surface area contributed by atoms with Gasteiger partial charge in [0.15, 0.2) is 0 Å². The van der Waals surface area contributed by atoms with Gasteiger partial charge in [-0.15, -0.1) is 0 Å². The Labute approximate surface area is 334 Å². The van der Waals surface area contributed by atoms with Gasteiger partial charge in [-0.3, -0.25) is 0 Å². The minimum absolute atomic E-state index is 0.860. The smallest absolute Gasteiger partial charge is 0.143 e. The van der Waals surface area contributed by atoms with Crippen molar-refractivity contribution in [2.24, 2.45) is 0 Å². The third-order valence-corrected chi connectivity index (χ3v) is 11.6. The van der Waals surface area contributed by atoms with E-state index in [0.717, 1.165) is 88.9 Å². The van der Waals surface area contributed by atoms with Crippen LogP contribution in [0.3, 0.4) is 0 Å². The average Bonchev–Trinajstić information content (AvgIpc) is 3.97. The van der Waals surface area contributed by atoms with Gasteiger partial charge in [0.2, 0.25) is 0 Å². The molecule has 9 aromatic carbocycles. The highest BCUT2D eigenvalue weighted by Gasteiger charge is 2.21. The van der Waals surface area contributed by atoms with Crippen LogP contribution in [0.5, 0.6) is 0 Å². The summed E-state index contributed by atoms with van der Waals surface area (Å²) in [5.41, 5.74) is 14.7. The van der Waals surface area contributed by atoms with Gasteiger partial charge in [0.1, 0.15) is 22.3 Å². The molecule has 4 nitrogen and oxygen atoms in total. The van der Waals surface area contributed by atoms with Crippen LogP contribution in [0.2, 0.25) is 0 Å². The Morgan fingerprint density at radius 1 is 0.362 bits per heavy atom. The molecule has 0 saturated heterocycles. The number of para-hydroxylation sites is 4. The lowest BCUT2D eigenvalue weighted by atomic mass is 10.00. The Kier molecular flexibility index (Phi) is 7.20. The van der Waals surface area contributed by atoms with E-state index in [2.05, 4.69) is 198 Å². The summed E-state index contributed by atoms with van der Waals surface area (Å²) < 4.78 is 15.3. The molecule has 3 aromatic heterocycles. The Morgan fingerprint density at radius 2 is 0.948 bits per heavy atom. The van der Waals surface area contributed by atoms with Crippen molar-refractivity contribution in [3.8, 4) is 27.9 Å². The quantitative estimate of drug-likeness (QED) is 0.170. The molecule has 0 aliphatic rings. The molecule has 0 N–H and O–H groups in total. The molecule has 12 rings (SSSR count). The number of anilines is 3. The lowest BCUT2D eigenvalue weighted by molar-refractivity contribution is 0.669. The molecule has 0 saturated carbocycles. The van der Waals surface area contributed by atoms with E-state index in [4.69, 9.17) is 8.83 Å². The monoisotopic (exact) mass is 742 g/mol. The first kappa shape index (κ1) is 32.4. The molecule has 4 heteroatoms. The fourth-order valence-corrected chi connectivity index (χ4v) is 8.95. The number of hydrogen-bond acceptors (Lipinski definition) is 3. The number of fused-ring (bicyclic) bond motifs is 9. The molecule has 0 radical (unpaired) electrons. The fourth-order valence-electron chi connectivity index (χ4n) is 8.95. The van der Waals surface area contributed by atoms with Crippen molar-refractivity contribution < 1.29 is 8.83 Å². The van der Waals surface area contributed by atoms with E-state index in [1.807, 2.05) is 18.2 Å². The minimum atomic E-state index is 0.860. The van der Waals surface area contributed by atoms with Crippen molar-refractivity contribution in [3.05, 3.63) is 206 Å². The molecule has 3 heterocycles. The van der Waals surface area contributed by atoms with E-state index in [1.54, 1.807) is 0 Å². The highest BCUT2D eigenvalue weighted by molar-refractivity contribution is 6.14. The predicted molar refractivity (Wildman–Crippen MR) is 241 cm³/mol. The zero-order chi connectivity index (χ0) is 38.2. The highest BCUT2D eigenvalue weighted by atomic mass is 16.3. The summed E-state index contributed by atoms with van der Waals surface area (Å²) in [6.07, 6.45) is 0. The van der Waals surface area contributed by atoms with Crippen LogP contribution in [0.1, 0.15) is 0 Å². The third-order valence-electron chi connectivity index (χ3n) is 11.6. The Morgan fingerprint density at radius 3 is 1.71 bits per heavy atom. The van der Waals surface area contributed by atoms with Gasteiger partial charge < -0.3 is 18.3 Å². The molecular formula is C54H34N2O2. The lowest BCUT2D eigenvalue weighted by Crippen LogP contribution is -2.10. The molecular weight excluding hydrogens is 709 g/mol. The van der Waals surface area contributed by atoms with Gasteiger partial charge in [-0.05, 0) is 95.6 Å². The molecule has 0 atom stereocenters. The van der Waals surface area contributed by atoms with Crippen molar-refractivity contribution in [3.63, 3.8) is 0 Å². The van der Waals surface area contributed by atoms with Gasteiger partial charge in [-0.25, -0.2) is 0 Å². The minimum Gasteiger partial charge on any atom is -0.456 e. The molecule has 0 spiro atoms. The van der Waals surface area contributed by atoms with E-state index < -0.39 is 0 Å². The Balaban J connectivity index is 0.983. The van der Waals surface area contributed by atoms with Crippen LogP contribution in [-0.2, 0) is 0 Å². The molecule has 0 amide bonds. The number of rotatable bonds is 6. The molecule has 12 aromatic rings. The average molecular weight is 743 g/mol. The number of aromatic nitrogens is 1. The SMILES string of the molecule is c1ccc(-c2cccc3c2oc2ccc(-c4ccc(N(c5ccc(-n6c7ccccc7c7ccccc76)cc5)c5cccc6oc7ccccc7c56)cc4)cc23)cc1. The summed E-state index contributed by atoms with van der Waals surface area (Å²) in [5.74, 6) is 0. The van der Waals surface area contributed by atoms with Crippen molar-refractivity contribution in [1.82, 2.24) is 4.57 Å². The van der Waals surface area contributed by atoms with Crippen molar-refractivity contribution in [1.29, 1.82) is 0 Å². The van der Waals surface area contributed by atoms with Crippen molar-refractivity contribution in [2.75, 3.05) is 4.90 Å². The number of furan rings is 2. The maximum Gasteiger partial charge on any atom is 0.143 e. The van der Waals surface area contributed by atoms with E-state index >= 15 is 0 Å². The van der Waals surface area contributed by atoms with Crippen molar-refractivity contribution >= 4 is 82.7 Å². The maximum absolute atomic E-state index is 6.49. The van der Waals surface area contributed by atoms with Crippen LogP contribution in [0.4, 0.5) is 17.1 Å². The second kappa shape index (κ2) is 12.9. The summed E-state index contributed by atoms with van der Waals surface area (Å²) in [7, 11) is 0. The van der Waals surface area contributed by atoms with E-state index in [0.29, 0.717) is 0 Å². The largest absolute Gasteiger partial charge is 0.456 e. The molecule has 0 unspecified atom stereocenters. The summed E-state index contributed by atoms with van der Waals surface area (Å²) in [6, 6.07) is 73.1. The standard InChI is InChI=1S/C54H34N2O2/c1-2-12-36(13-3-1)41-17-10-18-44-46-34-37(26-33-51(46)58-54(41)44)35-24-27-38(28-25-35)55(49-21-11-23-52-53(49)45-16-6-9-22-50(45)57-52)39-29-31-40(32-30-39)56-47-19-7-4-14-42(47)43-15-5-8-20-48(43)56/h1-34H. The zero-order valence-corrected chi connectivity index (χ0v) is 31.3. The normalized spacial score (nSPS) is 11.8. The first-order valence-corrected chi connectivity index (χ1v) is 19.7. The topological polar surface area (TPSA) is 34.5 Å².